The van der Waals surface area contributed by atoms with E-state index in [0.29, 0.717) is 11.3 Å². The van der Waals surface area contributed by atoms with Gasteiger partial charge in [-0.15, -0.1) is 0 Å². The van der Waals surface area contributed by atoms with Crippen molar-refractivity contribution in [1.82, 2.24) is 20.2 Å². The van der Waals surface area contributed by atoms with Crippen molar-refractivity contribution in [2.75, 3.05) is 0 Å². The van der Waals surface area contributed by atoms with Gasteiger partial charge in [-0.3, -0.25) is 14.4 Å². The van der Waals surface area contributed by atoms with E-state index in [-0.39, 0.29) is 37.5 Å². The Bertz CT molecular complexity index is 1570. The van der Waals surface area contributed by atoms with Crippen LogP contribution in [0.25, 0.3) is 11.0 Å². The van der Waals surface area contributed by atoms with Gasteiger partial charge in [-0.25, -0.2) is 4.98 Å². The number of aryl methyl sites for hydroxylation is 2. The van der Waals surface area contributed by atoms with Gasteiger partial charge in [0.05, 0.1) is 29.5 Å². The van der Waals surface area contributed by atoms with Gasteiger partial charge in [0.15, 0.2) is 0 Å². The number of phenols is 1. The topological polar surface area (TPSA) is 162 Å². The van der Waals surface area contributed by atoms with Gasteiger partial charge in [0.25, 0.3) is 0 Å². The number of nitrogens with one attached hydrogen (secondary N) is 2. The van der Waals surface area contributed by atoms with Crippen molar-refractivity contribution in [2.24, 2.45) is 5.73 Å². The third-order valence-corrected chi connectivity index (χ3v) is 7.69. The number of imidazole rings is 1. The molecule has 0 aliphatic carbocycles. The van der Waals surface area contributed by atoms with Gasteiger partial charge < -0.3 is 31.1 Å². The standard InChI is InChI=1S/C31H33N5O5/c1-17-11-21(37)12-18(2)22(17)14-23(32)31(41)36-16-20-8-4-3-7-19(20)13-27(36)30(40)35-26(15-28(38)39)29-33-24-9-5-6-10-25(24)34-29/h3-12,23,26-27,37H,13-16,32H2,1-2H3,(H,33,34)(H,35,40)(H,38,39)/t23-,26+,27+/m1/s1. The highest BCUT2D eigenvalue weighted by Gasteiger charge is 2.38. The number of aliphatic carboxylic acids is 1. The quantitative estimate of drug-likeness (QED) is 0.223. The Morgan fingerprint density at radius 1 is 1.07 bits per heavy atom. The summed E-state index contributed by atoms with van der Waals surface area (Å²) >= 11 is 0. The smallest absolute Gasteiger partial charge is 0.305 e. The fourth-order valence-corrected chi connectivity index (χ4v) is 5.60. The van der Waals surface area contributed by atoms with Crippen LogP contribution in [0.5, 0.6) is 5.75 Å². The fraction of sp³-hybridized carbons (Fsp3) is 0.290. The summed E-state index contributed by atoms with van der Waals surface area (Å²) < 4.78 is 0. The number of carboxylic acids is 1. The van der Waals surface area contributed by atoms with Gasteiger partial charge in [-0.1, -0.05) is 36.4 Å². The molecule has 0 saturated heterocycles. The van der Waals surface area contributed by atoms with Crippen LogP contribution in [-0.2, 0) is 33.8 Å². The third-order valence-electron chi connectivity index (χ3n) is 7.69. The molecule has 212 valence electrons. The first kappa shape index (κ1) is 27.9. The molecule has 0 fully saturated rings. The zero-order valence-electron chi connectivity index (χ0n) is 22.9. The number of aromatic amines is 1. The van der Waals surface area contributed by atoms with Crippen LogP contribution in [0.3, 0.4) is 0 Å². The molecule has 1 aromatic heterocycles. The molecule has 3 atom stereocenters. The first-order chi connectivity index (χ1) is 19.6. The van der Waals surface area contributed by atoms with Crippen LogP contribution in [0.1, 0.15) is 46.1 Å². The number of nitrogens with zero attached hydrogens (tertiary/aromatic N) is 2. The van der Waals surface area contributed by atoms with Crippen molar-refractivity contribution in [3.63, 3.8) is 0 Å². The van der Waals surface area contributed by atoms with Crippen LogP contribution in [0.2, 0.25) is 0 Å². The number of hydrogen-bond donors (Lipinski definition) is 5. The average molecular weight is 556 g/mol. The predicted octanol–water partition coefficient (Wildman–Crippen LogP) is 3.04. The number of phenolic OH excluding ortho intramolecular Hbond substituents is 1. The minimum absolute atomic E-state index is 0.147. The molecule has 10 heteroatoms. The van der Waals surface area contributed by atoms with Crippen molar-refractivity contribution in [2.45, 2.75) is 57.8 Å². The number of carbonyl (C=O) groups is 3. The van der Waals surface area contributed by atoms with Crippen molar-refractivity contribution in [3.8, 4) is 5.75 Å². The summed E-state index contributed by atoms with van der Waals surface area (Å²) in [6.45, 7) is 3.91. The average Bonchev–Trinajstić information content (AvgIpc) is 3.37. The van der Waals surface area contributed by atoms with Gasteiger partial charge in [0, 0.05) is 13.0 Å². The van der Waals surface area contributed by atoms with Gasteiger partial charge in [-0.2, -0.15) is 0 Å². The number of hydrogen-bond acceptors (Lipinski definition) is 6. The first-order valence-corrected chi connectivity index (χ1v) is 13.5. The highest BCUT2D eigenvalue weighted by Crippen LogP contribution is 2.27. The lowest BCUT2D eigenvalue weighted by Gasteiger charge is -2.38. The minimum Gasteiger partial charge on any atom is -0.508 e. The van der Waals surface area contributed by atoms with Gasteiger partial charge in [0.2, 0.25) is 11.8 Å². The molecule has 5 rings (SSSR count). The van der Waals surface area contributed by atoms with Crippen molar-refractivity contribution in [1.29, 1.82) is 0 Å². The summed E-state index contributed by atoms with van der Waals surface area (Å²) in [5.41, 5.74) is 12.2. The molecule has 2 amide bonds. The van der Waals surface area contributed by atoms with Gasteiger partial charge >= 0.3 is 5.97 Å². The second-order valence-corrected chi connectivity index (χ2v) is 10.6. The maximum absolute atomic E-state index is 13.8. The van der Waals surface area contributed by atoms with Crippen LogP contribution in [-0.4, -0.2) is 54.9 Å². The Labute approximate surface area is 237 Å². The monoisotopic (exact) mass is 555 g/mol. The summed E-state index contributed by atoms with van der Waals surface area (Å²) in [7, 11) is 0. The van der Waals surface area contributed by atoms with Crippen LogP contribution in [0.15, 0.2) is 60.7 Å². The highest BCUT2D eigenvalue weighted by atomic mass is 16.4. The van der Waals surface area contributed by atoms with E-state index < -0.39 is 30.0 Å². The van der Waals surface area contributed by atoms with E-state index in [4.69, 9.17) is 5.73 Å². The number of nitrogens with two attached hydrogens (primary N) is 1. The fourth-order valence-electron chi connectivity index (χ4n) is 5.60. The van der Waals surface area contributed by atoms with E-state index >= 15 is 0 Å². The molecule has 10 nitrogen and oxygen atoms in total. The summed E-state index contributed by atoms with van der Waals surface area (Å²) in [6.07, 6.45) is 0.114. The Balaban J connectivity index is 1.42. The molecule has 0 bridgehead atoms. The maximum atomic E-state index is 13.8. The molecule has 1 aliphatic rings. The van der Waals surface area contributed by atoms with E-state index in [0.717, 1.165) is 33.3 Å². The van der Waals surface area contributed by atoms with Gasteiger partial charge in [0.1, 0.15) is 17.6 Å². The number of aromatic hydroxyl groups is 1. The lowest BCUT2D eigenvalue weighted by Crippen LogP contribution is -2.57. The molecule has 1 aliphatic heterocycles. The molecule has 41 heavy (non-hydrogen) atoms. The maximum Gasteiger partial charge on any atom is 0.305 e. The molecule has 0 unspecified atom stereocenters. The Kier molecular flexibility index (Phi) is 7.76. The first-order valence-electron chi connectivity index (χ1n) is 13.5. The number of para-hydroxylation sites is 2. The second kappa shape index (κ2) is 11.4. The van der Waals surface area contributed by atoms with E-state index in [1.165, 1.54) is 4.90 Å². The van der Waals surface area contributed by atoms with Crippen molar-refractivity contribution < 1.29 is 24.6 Å². The van der Waals surface area contributed by atoms with E-state index in [2.05, 4.69) is 15.3 Å². The molecular weight excluding hydrogens is 522 g/mol. The SMILES string of the molecule is Cc1cc(O)cc(C)c1C[C@@H](N)C(=O)N1Cc2ccccc2C[C@H]1C(=O)N[C@@H](CC(=O)O)c1nc2ccccc2[nH]1. The molecule has 0 radical (unpaired) electrons. The Morgan fingerprint density at radius 3 is 2.41 bits per heavy atom. The number of carboxylic acid groups (broad SMARTS) is 1. The number of amides is 2. The van der Waals surface area contributed by atoms with E-state index in [1.807, 2.05) is 56.3 Å². The predicted molar refractivity (Wildman–Crippen MR) is 153 cm³/mol. The number of benzene rings is 3. The van der Waals surface area contributed by atoms with Crippen molar-refractivity contribution >= 4 is 28.8 Å². The molecule has 0 spiro atoms. The third kappa shape index (κ3) is 5.92. The van der Waals surface area contributed by atoms with E-state index in [9.17, 15) is 24.6 Å². The largest absolute Gasteiger partial charge is 0.508 e. The number of carbonyl (C=O) groups excluding carboxylic acids is 2. The van der Waals surface area contributed by atoms with Crippen LogP contribution < -0.4 is 11.1 Å². The minimum atomic E-state index is -1.10. The molecule has 6 N–H and O–H groups in total. The van der Waals surface area contributed by atoms with Gasteiger partial charge in [-0.05, 0) is 72.4 Å². The molecular formula is C31H33N5O5. The number of aromatic nitrogens is 2. The lowest BCUT2D eigenvalue weighted by atomic mass is 9.91. The zero-order valence-corrected chi connectivity index (χ0v) is 22.9. The lowest BCUT2D eigenvalue weighted by molar-refractivity contribution is -0.144. The Morgan fingerprint density at radius 2 is 1.73 bits per heavy atom. The molecule has 0 saturated carbocycles. The summed E-state index contributed by atoms with van der Waals surface area (Å²) in [4.78, 5) is 48.5. The Hall–Kier alpha value is -4.70. The van der Waals surface area contributed by atoms with Crippen LogP contribution >= 0.6 is 0 Å². The normalized spacial score (nSPS) is 16.2. The molecule has 3 aromatic carbocycles. The number of fused-ring (bicyclic) bond motifs is 2. The van der Waals surface area contributed by atoms with Crippen LogP contribution in [0.4, 0.5) is 0 Å². The summed E-state index contributed by atoms with van der Waals surface area (Å²) in [5.74, 6) is -1.49. The zero-order chi connectivity index (χ0) is 29.3. The highest BCUT2D eigenvalue weighted by molar-refractivity contribution is 5.91. The second-order valence-electron chi connectivity index (χ2n) is 10.6. The molecule has 4 aromatic rings. The molecule has 2 heterocycles. The van der Waals surface area contributed by atoms with Crippen molar-refractivity contribution in [3.05, 3.63) is 94.3 Å². The summed E-state index contributed by atoms with van der Waals surface area (Å²) in [5, 5.41) is 22.4. The van der Waals surface area contributed by atoms with Crippen LogP contribution in [0, 0.1) is 13.8 Å². The summed E-state index contributed by atoms with van der Waals surface area (Å²) in [6, 6.07) is 15.4. The van der Waals surface area contributed by atoms with E-state index in [1.54, 1.807) is 18.2 Å². The number of H-pyrrole nitrogens is 1. The number of rotatable bonds is 8.